The molecule has 7 nitrogen and oxygen atoms in total. The van der Waals surface area contributed by atoms with Gasteiger partial charge in [0.05, 0.1) is 7.11 Å². The van der Waals surface area contributed by atoms with Gasteiger partial charge in [-0.25, -0.2) is 9.59 Å². The predicted octanol–water partition coefficient (Wildman–Crippen LogP) is 3.16. The lowest BCUT2D eigenvalue weighted by molar-refractivity contribution is -0.123. The second-order valence-corrected chi connectivity index (χ2v) is 8.27. The number of imide groups is 1. The smallest absolute Gasteiger partial charge is 0.348 e. The predicted molar refractivity (Wildman–Crippen MR) is 110 cm³/mol. The highest BCUT2D eigenvalue weighted by Gasteiger charge is 2.23. The number of fused-ring (bicyclic) bond motifs is 3. The average Bonchev–Trinajstić information content (AvgIpc) is 3.14. The van der Waals surface area contributed by atoms with Crippen molar-refractivity contribution >= 4 is 29.2 Å². The number of urea groups is 1. The molecule has 8 heteroatoms. The first kappa shape index (κ1) is 20.9. The maximum absolute atomic E-state index is 12.4. The van der Waals surface area contributed by atoms with Gasteiger partial charge >= 0.3 is 12.0 Å². The Balaban J connectivity index is 1.60. The highest BCUT2D eigenvalue weighted by Crippen LogP contribution is 2.40. The molecule has 2 N–H and O–H groups in total. The molecular weight excluding hydrogens is 392 g/mol. The summed E-state index contributed by atoms with van der Waals surface area (Å²) in [5, 5.41) is 4.70. The average molecular weight is 416 g/mol. The molecule has 0 radical (unpaired) electrons. The highest BCUT2D eigenvalue weighted by molar-refractivity contribution is 7.17. The summed E-state index contributed by atoms with van der Waals surface area (Å²) in [5.74, 6) is -0.160. The van der Waals surface area contributed by atoms with E-state index in [0.717, 1.165) is 34.6 Å². The van der Waals surface area contributed by atoms with Crippen LogP contribution in [-0.4, -0.2) is 38.2 Å². The van der Waals surface area contributed by atoms with E-state index >= 15 is 0 Å². The number of aryl methyl sites for hydroxylation is 2. The molecule has 0 saturated carbocycles. The number of ether oxygens (including phenoxy) is 2. The summed E-state index contributed by atoms with van der Waals surface area (Å²) in [5.41, 5.74) is 3.37. The second kappa shape index (κ2) is 9.09. The van der Waals surface area contributed by atoms with Gasteiger partial charge in [-0.15, -0.1) is 11.3 Å². The van der Waals surface area contributed by atoms with Crippen LogP contribution in [-0.2, 0) is 22.4 Å². The van der Waals surface area contributed by atoms with Crippen molar-refractivity contribution in [3.63, 3.8) is 0 Å². The van der Waals surface area contributed by atoms with E-state index in [9.17, 15) is 14.4 Å². The molecule has 2 aromatic rings. The molecule has 0 spiro atoms. The highest BCUT2D eigenvalue weighted by atomic mass is 32.1. The van der Waals surface area contributed by atoms with Crippen molar-refractivity contribution in [1.82, 2.24) is 10.6 Å². The minimum absolute atomic E-state index is 0.268. The number of carbonyl (C=O) groups excluding carboxylic acids is 3. The summed E-state index contributed by atoms with van der Waals surface area (Å²) < 4.78 is 10.4. The lowest BCUT2D eigenvalue weighted by Crippen LogP contribution is -2.42. The molecule has 0 bridgehead atoms. The molecule has 0 fully saturated rings. The fraction of sp³-hybridized carbons (Fsp3) is 0.381. The van der Waals surface area contributed by atoms with E-state index < -0.39 is 24.5 Å². The standard InChI is InChI=1S/C21H24N2O5S/c1-12(2)10-22-21(26)23-18(24)11-28-20(25)17-9-14-5-4-13-8-15(27-3)6-7-16(13)19(14)29-17/h6-9,12H,4-5,10-11H2,1-3H3,(H2,22,23,24,26). The van der Waals surface area contributed by atoms with Crippen LogP contribution in [0.4, 0.5) is 4.79 Å². The normalized spacial score (nSPS) is 12.0. The zero-order valence-electron chi connectivity index (χ0n) is 16.7. The number of esters is 1. The molecule has 0 atom stereocenters. The van der Waals surface area contributed by atoms with Gasteiger partial charge in [0.2, 0.25) is 0 Å². The van der Waals surface area contributed by atoms with E-state index in [2.05, 4.69) is 10.6 Å². The molecule has 154 valence electrons. The van der Waals surface area contributed by atoms with Crippen LogP contribution in [0.25, 0.3) is 10.4 Å². The summed E-state index contributed by atoms with van der Waals surface area (Å²) in [6, 6.07) is 7.15. The van der Waals surface area contributed by atoms with Crippen LogP contribution in [0.1, 0.15) is 34.6 Å². The molecule has 29 heavy (non-hydrogen) atoms. The summed E-state index contributed by atoms with van der Waals surface area (Å²) in [6.07, 6.45) is 1.70. The largest absolute Gasteiger partial charge is 0.497 e. The van der Waals surface area contributed by atoms with Gasteiger partial charge in [0.15, 0.2) is 6.61 Å². The Kier molecular flexibility index (Phi) is 6.53. The zero-order chi connectivity index (χ0) is 21.0. The zero-order valence-corrected chi connectivity index (χ0v) is 17.5. The molecule has 3 rings (SSSR count). The maximum atomic E-state index is 12.4. The third kappa shape index (κ3) is 5.14. The second-order valence-electron chi connectivity index (χ2n) is 7.22. The van der Waals surface area contributed by atoms with Gasteiger partial charge < -0.3 is 14.8 Å². The third-order valence-electron chi connectivity index (χ3n) is 4.49. The number of benzene rings is 1. The number of rotatable bonds is 6. The Hall–Kier alpha value is -2.87. The van der Waals surface area contributed by atoms with Gasteiger partial charge in [0, 0.05) is 11.4 Å². The number of methoxy groups -OCH3 is 1. The van der Waals surface area contributed by atoms with Crippen LogP contribution < -0.4 is 15.4 Å². The van der Waals surface area contributed by atoms with Crippen molar-refractivity contribution in [2.75, 3.05) is 20.3 Å². The first-order chi connectivity index (χ1) is 13.9. The molecular formula is C21H24N2O5S. The lowest BCUT2D eigenvalue weighted by atomic mass is 9.91. The third-order valence-corrected chi connectivity index (χ3v) is 5.68. The van der Waals surface area contributed by atoms with Crippen molar-refractivity contribution in [2.45, 2.75) is 26.7 Å². The Bertz CT molecular complexity index is 935. The van der Waals surface area contributed by atoms with E-state index in [0.29, 0.717) is 11.4 Å². The minimum Gasteiger partial charge on any atom is -0.497 e. The number of carbonyl (C=O) groups is 3. The summed E-state index contributed by atoms with van der Waals surface area (Å²) >= 11 is 1.35. The fourth-order valence-corrected chi connectivity index (χ4v) is 4.21. The van der Waals surface area contributed by atoms with E-state index in [1.807, 2.05) is 38.1 Å². The fourth-order valence-electron chi connectivity index (χ4n) is 3.04. The van der Waals surface area contributed by atoms with Gasteiger partial charge in [-0.3, -0.25) is 10.1 Å². The van der Waals surface area contributed by atoms with Crippen LogP contribution in [0.15, 0.2) is 24.3 Å². The molecule has 1 aliphatic carbocycles. The van der Waals surface area contributed by atoms with E-state index in [4.69, 9.17) is 9.47 Å². The number of thiophene rings is 1. The Labute approximate surface area is 173 Å². The molecule has 1 aromatic carbocycles. The summed E-state index contributed by atoms with van der Waals surface area (Å²) in [7, 11) is 1.64. The van der Waals surface area contributed by atoms with Crippen LogP contribution in [0, 0.1) is 5.92 Å². The lowest BCUT2D eigenvalue weighted by Gasteiger charge is -2.16. The molecule has 1 aliphatic rings. The molecule has 0 aliphatic heterocycles. The summed E-state index contributed by atoms with van der Waals surface area (Å²) in [6.45, 7) is 3.83. The van der Waals surface area contributed by atoms with E-state index in [1.165, 1.54) is 16.9 Å². The number of hydrogen-bond acceptors (Lipinski definition) is 6. The van der Waals surface area contributed by atoms with Crippen molar-refractivity contribution in [2.24, 2.45) is 5.92 Å². The Morgan fingerprint density at radius 1 is 1.14 bits per heavy atom. The maximum Gasteiger partial charge on any atom is 0.348 e. The van der Waals surface area contributed by atoms with Gasteiger partial charge in [-0.05, 0) is 59.7 Å². The van der Waals surface area contributed by atoms with Crippen molar-refractivity contribution < 1.29 is 23.9 Å². The number of nitrogens with one attached hydrogen (secondary N) is 2. The quantitative estimate of drug-likeness (QED) is 0.706. The van der Waals surface area contributed by atoms with Gasteiger partial charge in [0.1, 0.15) is 10.6 Å². The topological polar surface area (TPSA) is 93.7 Å². The first-order valence-corrected chi connectivity index (χ1v) is 10.2. The van der Waals surface area contributed by atoms with Crippen molar-refractivity contribution in [3.8, 4) is 16.2 Å². The van der Waals surface area contributed by atoms with Crippen molar-refractivity contribution in [1.29, 1.82) is 0 Å². The van der Waals surface area contributed by atoms with Crippen LogP contribution in [0.3, 0.4) is 0 Å². The molecule has 1 aromatic heterocycles. The Morgan fingerprint density at radius 2 is 1.90 bits per heavy atom. The molecule has 0 saturated heterocycles. The van der Waals surface area contributed by atoms with Crippen LogP contribution >= 0.6 is 11.3 Å². The molecule has 1 heterocycles. The van der Waals surface area contributed by atoms with E-state index in [1.54, 1.807) is 7.11 Å². The monoisotopic (exact) mass is 416 g/mol. The van der Waals surface area contributed by atoms with Gasteiger partial charge in [0.25, 0.3) is 5.91 Å². The summed E-state index contributed by atoms with van der Waals surface area (Å²) in [4.78, 5) is 37.2. The first-order valence-electron chi connectivity index (χ1n) is 9.42. The van der Waals surface area contributed by atoms with Crippen LogP contribution in [0.5, 0.6) is 5.75 Å². The number of hydrogen-bond donors (Lipinski definition) is 2. The molecule has 0 unspecified atom stereocenters. The number of amides is 3. The van der Waals surface area contributed by atoms with Crippen LogP contribution in [0.2, 0.25) is 0 Å². The van der Waals surface area contributed by atoms with E-state index in [-0.39, 0.29) is 5.92 Å². The van der Waals surface area contributed by atoms with Crippen molar-refractivity contribution in [3.05, 3.63) is 40.3 Å². The molecule has 3 amide bonds. The SMILES string of the molecule is COc1ccc2c(c1)CCc1cc(C(=O)OCC(=O)NC(=O)NCC(C)C)sc1-2. The van der Waals surface area contributed by atoms with Gasteiger partial charge in [-0.2, -0.15) is 0 Å². The van der Waals surface area contributed by atoms with Gasteiger partial charge in [-0.1, -0.05) is 13.8 Å². The minimum atomic E-state index is -0.668. The Morgan fingerprint density at radius 3 is 2.62 bits per heavy atom.